The largest absolute Gasteiger partial charge is 1.00 e. The van der Waals surface area contributed by atoms with Crippen molar-refractivity contribution in [2.24, 2.45) is 0 Å². The molecule has 0 amide bonds. The van der Waals surface area contributed by atoms with Crippen LogP contribution in [0.3, 0.4) is 0 Å². The fourth-order valence-corrected chi connectivity index (χ4v) is 0. The highest BCUT2D eigenvalue weighted by molar-refractivity contribution is 6.23. The van der Waals surface area contributed by atoms with Gasteiger partial charge in [-0.2, -0.15) is 0 Å². The monoisotopic (exact) mass is 268 g/mol. The van der Waals surface area contributed by atoms with Crippen LogP contribution >= 0.6 is 11.6 Å². The molecular formula is C11H34Cl2O2. The van der Waals surface area contributed by atoms with Crippen LogP contribution < -0.4 is 12.4 Å². The van der Waals surface area contributed by atoms with Gasteiger partial charge in [0.15, 0.2) is 0 Å². The van der Waals surface area contributed by atoms with Crippen LogP contribution in [-0.2, 0) is 0 Å². The van der Waals surface area contributed by atoms with Crippen molar-refractivity contribution in [3.8, 4) is 0 Å². The van der Waals surface area contributed by atoms with Crippen LogP contribution in [0.2, 0.25) is 0 Å². The zero-order chi connectivity index (χ0) is 9.00. The van der Waals surface area contributed by atoms with Crippen LogP contribution in [-0.4, -0.2) is 21.1 Å². The summed E-state index contributed by atoms with van der Waals surface area (Å²) < 4.78 is 0. The van der Waals surface area contributed by atoms with Crippen LogP contribution in [0.25, 0.3) is 0 Å². The van der Waals surface area contributed by atoms with Gasteiger partial charge in [-0.3, -0.25) is 0 Å². The summed E-state index contributed by atoms with van der Waals surface area (Å²) in [6, 6.07) is 0. The Labute approximate surface area is 111 Å². The van der Waals surface area contributed by atoms with E-state index in [-0.39, 0.29) is 46.5 Å². The van der Waals surface area contributed by atoms with Crippen LogP contribution in [0.4, 0.5) is 0 Å². The Kier molecular flexibility index (Phi) is 50.9. The lowest BCUT2D eigenvalue weighted by Crippen LogP contribution is -3.00. The summed E-state index contributed by atoms with van der Waals surface area (Å²) in [5.41, 5.74) is -0.500. The van der Waals surface area contributed by atoms with E-state index in [0.29, 0.717) is 0 Å². The second kappa shape index (κ2) is 16.9. The maximum absolute atomic E-state index is 8.52. The molecular weight excluding hydrogens is 235 g/mol. The third-order valence-electron chi connectivity index (χ3n) is 0. The SMILES string of the molecule is C.C.C.CC(C)(C)Cl.CC(C)(C)O.O.[Cl-].[H+]. The molecule has 0 aromatic heterocycles. The first-order chi connectivity index (χ1) is 4.00. The van der Waals surface area contributed by atoms with E-state index in [9.17, 15) is 0 Å². The molecule has 4 heteroatoms. The molecule has 0 aromatic carbocycles. The van der Waals surface area contributed by atoms with Crippen molar-refractivity contribution in [3.05, 3.63) is 0 Å². The molecule has 15 heavy (non-hydrogen) atoms. The molecule has 0 radical (unpaired) electrons. The number of aliphatic hydroxyl groups is 1. The molecule has 2 nitrogen and oxygen atoms in total. The summed E-state index contributed by atoms with van der Waals surface area (Å²) in [4.78, 5) is -0.0278. The molecule has 0 aliphatic carbocycles. The average molecular weight is 269 g/mol. The van der Waals surface area contributed by atoms with Gasteiger partial charge in [0.05, 0.1) is 5.60 Å². The molecule has 3 N–H and O–H groups in total. The normalized spacial score (nSPS) is 8.00. The molecule has 0 bridgehead atoms. The third kappa shape index (κ3) is 9060. The lowest BCUT2D eigenvalue weighted by molar-refractivity contribution is -0.0000124. The van der Waals surface area contributed by atoms with E-state index in [0.717, 1.165) is 0 Å². The van der Waals surface area contributed by atoms with Crippen molar-refractivity contribution in [1.29, 1.82) is 0 Å². The summed E-state index contributed by atoms with van der Waals surface area (Å²) in [5.74, 6) is 0. The highest BCUT2D eigenvalue weighted by Gasteiger charge is 1.99. The van der Waals surface area contributed by atoms with Crippen LogP contribution in [0.15, 0.2) is 0 Å². The highest BCUT2D eigenvalue weighted by atomic mass is 35.5. The predicted molar refractivity (Wildman–Crippen MR) is 72.5 cm³/mol. The molecule has 0 rings (SSSR count). The average Bonchev–Trinajstić information content (AvgIpc) is 1.12. The molecule has 104 valence electrons. The molecule has 0 unspecified atom stereocenters. The van der Waals surface area contributed by atoms with Crippen molar-refractivity contribution in [2.75, 3.05) is 0 Å². The maximum Gasteiger partial charge on any atom is 1.00 e. The molecule has 0 spiro atoms. The minimum atomic E-state index is -0.500. The second-order valence-electron chi connectivity index (χ2n) is 4.24. The van der Waals surface area contributed by atoms with Gasteiger partial charge in [-0.25, -0.2) is 0 Å². The van der Waals surface area contributed by atoms with Crippen molar-refractivity contribution in [2.45, 2.75) is 74.3 Å². The van der Waals surface area contributed by atoms with Crippen LogP contribution in [0.5, 0.6) is 0 Å². The van der Waals surface area contributed by atoms with Crippen molar-refractivity contribution < 1.29 is 24.4 Å². The highest BCUT2D eigenvalue weighted by Crippen LogP contribution is 2.07. The van der Waals surface area contributed by atoms with E-state index >= 15 is 0 Å². The Bertz CT molecular complexity index is 65.0. The van der Waals surface area contributed by atoms with Crippen LogP contribution in [0.1, 0.15) is 65.2 Å². The molecule has 0 fully saturated rings. The summed E-state index contributed by atoms with van der Waals surface area (Å²) in [6.45, 7) is 11.1. The molecule has 0 aromatic rings. The van der Waals surface area contributed by atoms with E-state index in [2.05, 4.69) is 0 Å². The second-order valence-corrected chi connectivity index (χ2v) is 5.37. The Balaban J connectivity index is -0.00000000970. The summed E-state index contributed by atoms with van der Waals surface area (Å²) in [7, 11) is 0. The van der Waals surface area contributed by atoms with Gasteiger partial charge in [-0.1, -0.05) is 22.3 Å². The lowest BCUT2D eigenvalue weighted by Gasteiger charge is -2.04. The molecule has 0 atom stereocenters. The van der Waals surface area contributed by atoms with Gasteiger partial charge in [0.25, 0.3) is 0 Å². The first kappa shape index (κ1) is 45.1. The van der Waals surface area contributed by atoms with Crippen molar-refractivity contribution >= 4 is 11.6 Å². The minimum Gasteiger partial charge on any atom is -1.00 e. The topological polar surface area (TPSA) is 51.7 Å². The lowest BCUT2D eigenvalue weighted by atomic mass is 10.2. The van der Waals surface area contributed by atoms with Gasteiger partial charge >= 0.3 is 1.43 Å². The first-order valence-electron chi connectivity index (χ1n) is 3.41. The number of hydrogen-bond acceptors (Lipinski definition) is 1. The van der Waals surface area contributed by atoms with Gasteiger partial charge < -0.3 is 23.0 Å². The molecule has 0 heterocycles. The summed E-state index contributed by atoms with van der Waals surface area (Å²) >= 11 is 5.53. The van der Waals surface area contributed by atoms with E-state index in [4.69, 9.17) is 16.7 Å². The van der Waals surface area contributed by atoms with E-state index in [1.54, 1.807) is 20.8 Å². The minimum absolute atomic E-state index is 0. The fraction of sp³-hybridized carbons (Fsp3) is 1.00. The van der Waals surface area contributed by atoms with Gasteiger partial charge in [-0.05, 0) is 41.5 Å². The Morgan fingerprint density at radius 2 is 0.867 bits per heavy atom. The summed E-state index contributed by atoms with van der Waals surface area (Å²) in [5, 5.41) is 8.52. The fourth-order valence-electron chi connectivity index (χ4n) is 0. The Hall–Kier alpha value is 0.500. The Morgan fingerprint density at radius 3 is 0.867 bits per heavy atom. The molecule has 0 saturated carbocycles. The van der Waals surface area contributed by atoms with Gasteiger partial charge in [-0.15, -0.1) is 11.6 Å². The van der Waals surface area contributed by atoms with E-state index in [1.807, 2.05) is 20.8 Å². The quantitative estimate of drug-likeness (QED) is 0.655. The standard InChI is InChI=1S/C4H9Cl.C4H10O.3CH4.ClH.H2O/c2*1-4(2,3)5;;;;;/h1-3H3;5H,1-3H3;3*1H4;1H;1H2. The molecule has 0 saturated heterocycles. The predicted octanol–water partition coefficient (Wildman–Crippen LogP) is 1.00. The Morgan fingerprint density at radius 1 is 0.867 bits per heavy atom. The van der Waals surface area contributed by atoms with E-state index in [1.165, 1.54) is 0 Å². The molecule has 0 aliphatic heterocycles. The van der Waals surface area contributed by atoms with Crippen molar-refractivity contribution in [3.63, 3.8) is 0 Å². The van der Waals surface area contributed by atoms with Gasteiger partial charge in [0.2, 0.25) is 0 Å². The smallest absolute Gasteiger partial charge is 1.00 e. The van der Waals surface area contributed by atoms with Crippen molar-refractivity contribution in [1.82, 2.24) is 0 Å². The number of hydrogen-bond donors (Lipinski definition) is 1. The molecule has 0 aliphatic rings. The maximum atomic E-state index is 8.52. The first-order valence-corrected chi connectivity index (χ1v) is 3.79. The van der Waals surface area contributed by atoms with Gasteiger partial charge in [0, 0.05) is 4.87 Å². The third-order valence-corrected chi connectivity index (χ3v) is 0. The summed E-state index contributed by atoms with van der Waals surface area (Å²) in [6.07, 6.45) is 0. The number of alkyl halides is 1. The zero-order valence-corrected chi connectivity index (χ0v) is 10.2. The number of rotatable bonds is 0. The zero-order valence-electron chi connectivity index (χ0n) is 9.70. The number of halogens is 2. The van der Waals surface area contributed by atoms with Gasteiger partial charge in [0.1, 0.15) is 0 Å². The van der Waals surface area contributed by atoms with E-state index < -0.39 is 5.60 Å². The van der Waals surface area contributed by atoms with Crippen LogP contribution in [0, 0.1) is 0 Å².